The van der Waals surface area contributed by atoms with E-state index in [2.05, 4.69) is 26.0 Å². The van der Waals surface area contributed by atoms with Crippen molar-refractivity contribution in [3.63, 3.8) is 0 Å². The molecule has 0 heterocycles. The maximum Gasteiger partial charge on any atom is 0.119 e. The summed E-state index contributed by atoms with van der Waals surface area (Å²) >= 11 is 0. The van der Waals surface area contributed by atoms with Gasteiger partial charge in [-0.3, -0.25) is 0 Å². The number of phenols is 1. The molecule has 1 aliphatic rings. The fourth-order valence-corrected chi connectivity index (χ4v) is 2.84. The number of benzene rings is 2. The minimum atomic E-state index is 0.0849. The molecule has 2 nitrogen and oxygen atoms in total. The standard InChI is InChI=1S/C15H17NO/c1-15(2)13(14(15)16)12-10-6-4-3-5-9(10)7-8-11(12)17/h3-8,13-14,17H,16H2,1-2H3/t13-,14-/m1/s1. The molecule has 2 heteroatoms. The molecule has 88 valence electrons. The van der Waals surface area contributed by atoms with E-state index in [9.17, 15) is 5.11 Å². The Hall–Kier alpha value is -1.54. The van der Waals surface area contributed by atoms with Gasteiger partial charge in [0.1, 0.15) is 5.75 Å². The Labute approximate surface area is 101 Å². The monoisotopic (exact) mass is 227 g/mol. The second-order valence-corrected chi connectivity index (χ2v) is 5.54. The first-order chi connectivity index (χ1) is 8.03. The number of rotatable bonds is 1. The molecule has 0 aromatic heterocycles. The summed E-state index contributed by atoms with van der Waals surface area (Å²) in [6.45, 7) is 4.31. The molecule has 1 fully saturated rings. The summed E-state index contributed by atoms with van der Waals surface area (Å²) in [6.07, 6.45) is 0. The molecule has 0 aliphatic heterocycles. The van der Waals surface area contributed by atoms with Crippen molar-refractivity contribution in [2.24, 2.45) is 11.1 Å². The van der Waals surface area contributed by atoms with Gasteiger partial charge in [0.05, 0.1) is 0 Å². The molecule has 0 amide bonds. The summed E-state index contributed by atoms with van der Waals surface area (Å²) in [4.78, 5) is 0. The molecule has 0 spiro atoms. The van der Waals surface area contributed by atoms with Crippen molar-refractivity contribution in [3.05, 3.63) is 42.0 Å². The van der Waals surface area contributed by atoms with Gasteiger partial charge in [-0.25, -0.2) is 0 Å². The van der Waals surface area contributed by atoms with E-state index in [4.69, 9.17) is 5.73 Å². The zero-order chi connectivity index (χ0) is 12.2. The van der Waals surface area contributed by atoms with E-state index in [0.717, 1.165) is 16.3 Å². The van der Waals surface area contributed by atoms with Crippen LogP contribution in [0, 0.1) is 5.41 Å². The SMILES string of the molecule is CC1(C)[C@H](N)[C@H]1c1c(O)ccc2ccccc12. The van der Waals surface area contributed by atoms with Crippen LogP contribution in [0.15, 0.2) is 36.4 Å². The average Bonchev–Trinajstić information content (AvgIpc) is 2.79. The van der Waals surface area contributed by atoms with Crippen molar-refractivity contribution >= 4 is 10.8 Å². The van der Waals surface area contributed by atoms with Crippen LogP contribution in [0.1, 0.15) is 25.3 Å². The van der Waals surface area contributed by atoms with Gasteiger partial charge in [-0.1, -0.05) is 44.2 Å². The molecule has 2 atom stereocenters. The normalized spacial score (nSPS) is 26.1. The summed E-state index contributed by atoms with van der Waals surface area (Å²) in [7, 11) is 0. The minimum Gasteiger partial charge on any atom is -0.508 e. The lowest BCUT2D eigenvalue weighted by Gasteiger charge is -2.10. The van der Waals surface area contributed by atoms with E-state index in [0.29, 0.717) is 5.75 Å². The fourth-order valence-electron chi connectivity index (χ4n) is 2.84. The Balaban J connectivity index is 2.26. The largest absolute Gasteiger partial charge is 0.508 e. The summed E-state index contributed by atoms with van der Waals surface area (Å²) in [6, 6.07) is 12.0. The summed E-state index contributed by atoms with van der Waals surface area (Å²) < 4.78 is 0. The topological polar surface area (TPSA) is 46.2 Å². The zero-order valence-electron chi connectivity index (χ0n) is 10.1. The van der Waals surface area contributed by atoms with Crippen LogP contribution in [0.2, 0.25) is 0 Å². The fraction of sp³-hybridized carbons (Fsp3) is 0.333. The van der Waals surface area contributed by atoms with Crippen LogP contribution in [0.25, 0.3) is 10.8 Å². The Morgan fingerprint density at radius 1 is 1.12 bits per heavy atom. The maximum absolute atomic E-state index is 10.1. The lowest BCUT2D eigenvalue weighted by atomic mass is 9.96. The van der Waals surface area contributed by atoms with Gasteiger partial charge in [-0.2, -0.15) is 0 Å². The predicted octanol–water partition coefficient (Wildman–Crippen LogP) is 3.00. The Morgan fingerprint density at radius 2 is 1.76 bits per heavy atom. The van der Waals surface area contributed by atoms with Crippen LogP contribution < -0.4 is 5.73 Å². The second-order valence-electron chi connectivity index (χ2n) is 5.54. The zero-order valence-corrected chi connectivity index (χ0v) is 10.1. The van der Waals surface area contributed by atoms with E-state index in [1.165, 1.54) is 0 Å². The van der Waals surface area contributed by atoms with Crippen LogP contribution in [-0.4, -0.2) is 11.1 Å². The van der Waals surface area contributed by atoms with Gasteiger partial charge >= 0.3 is 0 Å². The molecule has 0 unspecified atom stereocenters. The molecule has 3 rings (SSSR count). The van der Waals surface area contributed by atoms with Gasteiger partial charge in [0.15, 0.2) is 0 Å². The molecule has 0 bridgehead atoms. The molecule has 2 aromatic carbocycles. The highest BCUT2D eigenvalue weighted by molar-refractivity contribution is 5.89. The molecule has 0 radical (unpaired) electrons. The third kappa shape index (κ3) is 1.37. The van der Waals surface area contributed by atoms with Crippen LogP contribution in [0.3, 0.4) is 0 Å². The molecule has 0 saturated heterocycles. The van der Waals surface area contributed by atoms with Gasteiger partial charge < -0.3 is 10.8 Å². The highest BCUT2D eigenvalue weighted by atomic mass is 16.3. The number of aromatic hydroxyl groups is 1. The van der Waals surface area contributed by atoms with Crippen LogP contribution in [0.4, 0.5) is 0 Å². The van der Waals surface area contributed by atoms with Crippen molar-refractivity contribution in [2.75, 3.05) is 0 Å². The van der Waals surface area contributed by atoms with Gasteiger partial charge in [0.2, 0.25) is 0 Å². The van der Waals surface area contributed by atoms with Crippen molar-refractivity contribution in [3.8, 4) is 5.75 Å². The van der Waals surface area contributed by atoms with Gasteiger partial charge in [-0.05, 0) is 22.3 Å². The van der Waals surface area contributed by atoms with Gasteiger partial charge in [0.25, 0.3) is 0 Å². The molecule has 1 aliphatic carbocycles. The third-order valence-corrected chi connectivity index (χ3v) is 4.17. The lowest BCUT2D eigenvalue weighted by Crippen LogP contribution is -2.06. The summed E-state index contributed by atoms with van der Waals surface area (Å²) in [5.41, 5.74) is 7.22. The quantitative estimate of drug-likeness (QED) is 0.786. The van der Waals surface area contributed by atoms with E-state index in [1.807, 2.05) is 18.2 Å². The van der Waals surface area contributed by atoms with Crippen molar-refractivity contribution in [1.82, 2.24) is 0 Å². The Morgan fingerprint density at radius 3 is 2.41 bits per heavy atom. The first-order valence-corrected chi connectivity index (χ1v) is 5.99. The molecule has 1 saturated carbocycles. The molecule has 3 N–H and O–H groups in total. The summed E-state index contributed by atoms with van der Waals surface area (Å²) in [5, 5.41) is 12.4. The maximum atomic E-state index is 10.1. The average molecular weight is 227 g/mol. The summed E-state index contributed by atoms with van der Waals surface area (Å²) in [5.74, 6) is 0.628. The van der Waals surface area contributed by atoms with E-state index in [1.54, 1.807) is 6.07 Å². The van der Waals surface area contributed by atoms with Crippen molar-refractivity contribution < 1.29 is 5.11 Å². The Kier molecular flexibility index (Phi) is 2.02. The number of hydrogen-bond acceptors (Lipinski definition) is 2. The van der Waals surface area contributed by atoms with Gasteiger partial charge in [-0.15, -0.1) is 0 Å². The first kappa shape index (κ1) is 10.6. The Bertz CT molecular complexity index is 588. The van der Waals surface area contributed by atoms with Crippen LogP contribution >= 0.6 is 0 Å². The molecule has 2 aromatic rings. The highest BCUT2D eigenvalue weighted by Crippen LogP contribution is 2.60. The first-order valence-electron chi connectivity index (χ1n) is 5.99. The predicted molar refractivity (Wildman–Crippen MR) is 70.1 cm³/mol. The van der Waals surface area contributed by atoms with Crippen LogP contribution in [0.5, 0.6) is 5.75 Å². The molecular formula is C15H17NO. The van der Waals surface area contributed by atoms with E-state index >= 15 is 0 Å². The van der Waals surface area contributed by atoms with Crippen LogP contribution in [-0.2, 0) is 0 Å². The van der Waals surface area contributed by atoms with Crippen molar-refractivity contribution in [2.45, 2.75) is 25.8 Å². The number of hydrogen-bond donors (Lipinski definition) is 2. The number of nitrogens with two attached hydrogens (primary N) is 1. The van der Waals surface area contributed by atoms with Crippen molar-refractivity contribution in [1.29, 1.82) is 0 Å². The van der Waals surface area contributed by atoms with E-state index in [-0.39, 0.29) is 17.4 Å². The number of phenolic OH excluding ortho intramolecular Hbond substituents is 1. The van der Waals surface area contributed by atoms with Gasteiger partial charge in [0, 0.05) is 17.5 Å². The number of fused-ring (bicyclic) bond motifs is 1. The highest BCUT2D eigenvalue weighted by Gasteiger charge is 2.57. The third-order valence-electron chi connectivity index (χ3n) is 4.17. The van der Waals surface area contributed by atoms with E-state index < -0.39 is 0 Å². The second kappa shape index (κ2) is 3.23. The molecular weight excluding hydrogens is 210 g/mol. The molecule has 17 heavy (non-hydrogen) atoms. The smallest absolute Gasteiger partial charge is 0.119 e. The minimum absolute atomic E-state index is 0.0849. The lowest BCUT2D eigenvalue weighted by molar-refractivity contribution is 0.465.